The number of aromatic nitrogens is 3. The quantitative estimate of drug-likeness (QED) is 0.355. The highest BCUT2D eigenvalue weighted by molar-refractivity contribution is 6.35. The highest BCUT2D eigenvalue weighted by Crippen LogP contribution is 2.41. The van der Waals surface area contributed by atoms with Gasteiger partial charge < -0.3 is 25.6 Å². The first-order chi connectivity index (χ1) is 19.2. The lowest BCUT2D eigenvalue weighted by molar-refractivity contribution is 0.0156. The van der Waals surface area contributed by atoms with Gasteiger partial charge in [-0.15, -0.1) is 0 Å². The maximum absolute atomic E-state index is 16.5. The molecule has 2 fully saturated rings. The van der Waals surface area contributed by atoms with Crippen molar-refractivity contribution >= 4 is 45.0 Å². The van der Waals surface area contributed by atoms with Gasteiger partial charge in [-0.1, -0.05) is 29.8 Å². The Bertz CT molecular complexity index is 1590. The summed E-state index contributed by atoms with van der Waals surface area (Å²) in [6.07, 6.45) is 2.00. The van der Waals surface area contributed by atoms with Crippen molar-refractivity contribution < 1.29 is 17.9 Å². The van der Waals surface area contributed by atoms with Crippen molar-refractivity contribution in [3.8, 4) is 17.1 Å². The molecule has 2 aliphatic heterocycles. The number of likely N-dealkylation sites (tertiary alicyclic amines) is 1. The second-order valence-corrected chi connectivity index (χ2v) is 10.8. The molecule has 3 N–H and O–H groups in total. The Labute approximate surface area is 234 Å². The molecular formula is C28H29ClF3N7O. The average Bonchev–Trinajstić information content (AvgIpc) is 3.24. The Morgan fingerprint density at radius 3 is 2.80 bits per heavy atom. The van der Waals surface area contributed by atoms with Crippen LogP contribution in [-0.2, 0) is 0 Å². The summed E-state index contributed by atoms with van der Waals surface area (Å²) < 4.78 is 51.7. The number of ether oxygens (including phenoxy) is 1. The van der Waals surface area contributed by atoms with Crippen LogP contribution in [0.4, 0.5) is 24.8 Å². The van der Waals surface area contributed by atoms with Crippen LogP contribution in [0.3, 0.4) is 0 Å². The first-order valence-corrected chi connectivity index (χ1v) is 13.6. The number of nitrogen functional groups attached to an aromatic ring is 1. The fourth-order valence-corrected chi connectivity index (χ4v) is 5.81. The number of likely N-dealkylation sites (N-methyl/N-ethyl adjacent to an activating group) is 1. The molecule has 1 atom stereocenters. The minimum absolute atomic E-state index is 0.0689. The van der Waals surface area contributed by atoms with Crippen LogP contribution >= 0.6 is 11.6 Å². The Balaban J connectivity index is 1.52. The summed E-state index contributed by atoms with van der Waals surface area (Å²) in [5, 5.41) is 3.81. The SMILES string of the molecule is CN1CCC[C@H]1COc1nc(N2CCNCC(F)(F)C2)c2cc(Cl)c(-c3cccc4ccc(N)nc34)c(F)c2n1. The molecule has 0 aliphatic carbocycles. The van der Waals surface area contributed by atoms with Crippen LogP contribution < -0.4 is 20.7 Å². The lowest BCUT2D eigenvalue weighted by Gasteiger charge is -2.26. The fourth-order valence-electron chi connectivity index (χ4n) is 5.52. The van der Waals surface area contributed by atoms with E-state index in [2.05, 4.69) is 25.2 Å². The topological polar surface area (TPSA) is 92.4 Å². The average molecular weight is 572 g/mol. The zero-order valence-corrected chi connectivity index (χ0v) is 22.7. The van der Waals surface area contributed by atoms with Crippen molar-refractivity contribution in [1.29, 1.82) is 0 Å². The van der Waals surface area contributed by atoms with E-state index in [4.69, 9.17) is 22.1 Å². The van der Waals surface area contributed by atoms with Crippen LogP contribution in [0.25, 0.3) is 32.9 Å². The molecular weight excluding hydrogens is 543 g/mol. The number of hydrogen-bond acceptors (Lipinski definition) is 8. The van der Waals surface area contributed by atoms with Crippen molar-refractivity contribution in [1.82, 2.24) is 25.2 Å². The number of halogens is 4. The molecule has 2 aromatic carbocycles. The van der Waals surface area contributed by atoms with Crippen LogP contribution in [-0.4, -0.2) is 78.2 Å². The zero-order valence-electron chi connectivity index (χ0n) is 21.9. The van der Waals surface area contributed by atoms with Gasteiger partial charge in [-0.2, -0.15) is 9.97 Å². The number of nitrogens with zero attached hydrogens (tertiary/aromatic N) is 5. The molecule has 12 heteroatoms. The Morgan fingerprint density at radius 2 is 2.00 bits per heavy atom. The van der Waals surface area contributed by atoms with E-state index in [1.165, 1.54) is 11.0 Å². The number of rotatable bonds is 5. The monoisotopic (exact) mass is 571 g/mol. The van der Waals surface area contributed by atoms with Crippen LogP contribution in [0.15, 0.2) is 36.4 Å². The molecule has 210 valence electrons. The number of benzene rings is 2. The summed E-state index contributed by atoms with van der Waals surface area (Å²) in [6, 6.07) is 10.4. The molecule has 40 heavy (non-hydrogen) atoms. The molecule has 6 rings (SSSR count). The third-order valence-electron chi connectivity index (χ3n) is 7.59. The zero-order chi connectivity index (χ0) is 28.0. The number of nitrogens with one attached hydrogen (secondary N) is 1. The van der Waals surface area contributed by atoms with E-state index in [0.29, 0.717) is 24.2 Å². The Hall–Kier alpha value is -3.41. The molecule has 8 nitrogen and oxygen atoms in total. The molecule has 0 radical (unpaired) electrons. The molecule has 0 unspecified atom stereocenters. The normalized spacial score (nSPS) is 19.8. The van der Waals surface area contributed by atoms with Crippen molar-refractivity contribution in [2.75, 3.05) is 57.0 Å². The summed E-state index contributed by atoms with van der Waals surface area (Å²) in [7, 11) is 2.01. The van der Waals surface area contributed by atoms with Crippen molar-refractivity contribution in [2.24, 2.45) is 0 Å². The molecule has 2 aliphatic rings. The third-order valence-corrected chi connectivity index (χ3v) is 7.89. The number of pyridine rings is 1. The van der Waals surface area contributed by atoms with Gasteiger partial charge in [0.25, 0.3) is 5.92 Å². The van der Waals surface area contributed by atoms with E-state index < -0.39 is 24.8 Å². The van der Waals surface area contributed by atoms with E-state index in [-0.39, 0.29) is 51.7 Å². The van der Waals surface area contributed by atoms with Gasteiger partial charge in [-0.3, -0.25) is 0 Å². The third kappa shape index (κ3) is 5.09. The molecule has 0 saturated carbocycles. The molecule has 0 bridgehead atoms. The molecule has 4 heterocycles. The summed E-state index contributed by atoms with van der Waals surface area (Å²) >= 11 is 6.72. The van der Waals surface area contributed by atoms with Gasteiger partial charge in [-0.05, 0) is 44.6 Å². The van der Waals surface area contributed by atoms with Gasteiger partial charge in [0.15, 0.2) is 5.82 Å². The maximum Gasteiger partial charge on any atom is 0.319 e. The van der Waals surface area contributed by atoms with Crippen molar-refractivity contribution in [3.05, 3.63) is 47.2 Å². The van der Waals surface area contributed by atoms with Crippen LogP contribution in [0, 0.1) is 5.82 Å². The van der Waals surface area contributed by atoms with Gasteiger partial charge in [-0.25, -0.2) is 18.2 Å². The second kappa shape index (κ2) is 10.5. The predicted molar refractivity (Wildman–Crippen MR) is 151 cm³/mol. The fraction of sp³-hybridized carbons (Fsp3) is 0.393. The number of hydrogen-bond donors (Lipinski definition) is 2. The van der Waals surface area contributed by atoms with E-state index in [0.717, 1.165) is 24.8 Å². The van der Waals surface area contributed by atoms with E-state index in [1.807, 2.05) is 13.1 Å². The van der Waals surface area contributed by atoms with Crippen LogP contribution in [0.2, 0.25) is 5.02 Å². The molecule has 0 spiro atoms. The Morgan fingerprint density at radius 1 is 1.15 bits per heavy atom. The molecule has 4 aromatic rings. The van der Waals surface area contributed by atoms with Gasteiger partial charge in [0.2, 0.25) is 0 Å². The summed E-state index contributed by atoms with van der Waals surface area (Å²) in [5.74, 6) is -3.30. The predicted octanol–water partition coefficient (Wildman–Crippen LogP) is 4.74. The van der Waals surface area contributed by atoms with Gasteiger partial charge in [0.05, 0.1) is 23.6 Å². The van der Waals surface area contributed by atoms with Crippen LogP contribution in [0.1, 0.15) is 12.8 Å². The molecule has 0 amide bonds. The summed E-state index contributed by atoms with van der Waals surface area (Å²) in [4.78, 5) is 17.0. The van der Waals surface area contributed by atoms with Crippen LogP contribution in [0.5, 0.6) is 6.01 Å². The standard InChI is InChI=1S/C28H29ClF3N7O/c1-38-10-3-5-17(38)13-40-27-36-25-19(26(37-27)39-11-9-34-14-28(31,32)15-39)12-20(29)22(23(25)30)18-6-2-4-16-7-8-21(33)35-24(16)18/h2,4,6-8,12,17,34H,3,5,9-11,13-15H2,1H3,(H2,33,35)/t17-/m0/s1. The van der Waals surface area contributed by atoms with Gasteiger partial charge in [0, 0.05) is 41.0 Å². The van der Waals surface area contributed by atoms with Crippen molar-refractivity contribution in [2.45, 2.75) is 24.8 Å². The number of nitrogens with two attached hydrogens (primary N) is 1. The number of anilines is 2. The van der Waals surface area contributed by atoms with E-state index >= 15 is 4.39 Å². The van der Waals surface area contributed by atoms with Gasteiger partial charge >= 0.3 is 6.01 Å². The highest BCUT2D eigenvalue weighted by Gasteiger charge is 2.35. The Kier molecular flexibility index (Phi) is 7.05. The number of alkyl halides is 2. The minimum Gasteiger partial charge on any atom is -0.462 e. The highest BCUT2D eigenvalue weighted by atomic mass is 35.5. The maximum atomic E-state index is 16.5. The van der Waals surface area contributed by atoms with Gasteiger partial charge in [0.1, 0.15) is 23.8 Å². The molecule has 2 saturated heterocycles. The number of fused-ring (bicyclic) bond motifs is 2. The summed E-state index contributed by atoms with van der Waals surface area (Å²) in [6.45, 7) is 0.744. The van der Waals surface area contributed by atoms with E-state index in [9.17, 15) is 8.78 Å². The summed E-state index contributed by atoms with van der Waals surface area (Å²) in [5.41, 5.74) is 6.88. The second-order valence-electron chi connectivity index (χ2n) is 10.4. The largest absolute Gasteiger partial charge is 0.462 e. The minimum atomic E-state index is -3.02. The lowest BCUT2D eigenvalue weighted by Crippen LogP contribution is -2.39. The number of para-hydroxylation sites is 1. The first-order valence-electron chi connectivity index (χ1n) is 13.2. The van der Waals surface area contributed by atoms with Crippen molar-refractivity contribution in [3.63, 3.8) is 0 Å². The smallest absolute Gasteiger partial charge is 0.319 e. The first kappa shape index (κ1) is 26.8. The molecule has 2 aromatic heterocycles. The van der Waals surface area contributed by atoms with E-state index in [1.54, 1.807) is 24.3 Å². The lowest BCUT2D eigenvalue weighted by atomic mass is 9.99.